The number of ether oxygens (including phenoxy) is 1. The van der Waals surface area contributed by atoms with Crippen LogP contribution in [0.2, 0.25) is 0 Å². The summed E-state index contributed by atoms with van der Waals surface area (Å²) in [5.74, 6) is 1.28. The van der Waals surface area contributed by atoms with Crippen molar-refractivity contribution < 1.29 is 9.13 Å². The van der Waals surface area contributed by atoms with Crippen LogP contribution in [0.3, 0.4) is 0 Å². The molecule has 1 saturated carbocycles. The van der Waals surface area contributed by atoms with E-state index in [0.29, 0.717) is 22.9 Å². The molecule has 4 aromatic rings. The number of H-pyrrole nitrogens is 2. The lowest BCUT2D eigenvalue weighted by Gasteiger charge is -2.10. The Bertz CT molecular complexity index is 1180. The van der Waals surface area contributed by atoms with E-state index in [2.05, 4.69) is 30.5 Å². The predicted molar refractivity (Wildman–Crippen MR) is 104 cm³/mol. The summed E-state index contributed by atoms with van der Waals surface area (Å²) in [6.45, 7) is 3.81. The zero-order valence-corrected chi connectivity index (χ0v) is 15.5. The first kappa shape index (κ1) is 16.7. The Morgan fingerprint density at radius 2 is 1.93 bits per heavy atom. The van der Waals surface area contributed by atoms with Crippen molar-refractivity contribution >= 4 is 22.5 Å². The topological polar surface area (TPSA) is 91.5 Å². The van der Waals surface area contributed by atoms with Crippen LogP contribution in [0, 0.1) is 19.7 Å². The number of anilines is 2. The molecule has 0 atom stereocenters. The van der Waals surface area contributed by atoms with E-state index in [1.165, 1.54) is 0 Å². The molecule has 0 radical (unpaired) electrons. The highest BCUT2D eigenvalue weighted by Crippen LogP contribution is 2.40. The number of hydrogen-bond donors (Lipinski definition) is 3. The van der Waals surface area contributed by atoms with Crippen molar-refractivity contribution in [3.05, 3.63) is 53.2 Å². The summed E-state index contributed by atoms with van der Waals surface area (Å²) in [7, 11) is 0. The van der Waals surface area contributed by atoms with Crippen molar-refractivity contribution in [1.29, 1.82) is 0 Å². The van der Waals surface area contributed by atoms with E-state index in [9.17, 15) is 4.39 Å². The lowest BCUT2D eigenvalue weighted by Crippen LogP contribution is -2.02. The van der Waals surface area contributed by atoms with Gasteiger partial charge in [0.05, 0.1) is 5.69 Å². The number of aromatic nitrogens is 5. The van der Waals surface area contributed by atoms with Gasteiger partial charge in [-0.15, -0.1) is 0 Å². The second-order valence-electron chi connectivity index (χ2n) is 7.19. The SMILES string of the molecule is Cc1cc(Nc2cc(C3CC3)nc(Oc3ccc4[nH]c(C)cc4c3F)n2)n[nH]1. The second kappa shape index (κ2) is 6.33. The van der Waals surface area contributed by atoms with Gasteiger partial charge in [-0.2, -0.15) is 15.1 Å². The molecule has 28 heavy (non-hydrogen) atoms. The largest absolute Gasteiger partial charge is 0.421 e. The summed E-state index contributed by atoms with van der Waals surface area (Å²) in [6, 6.07) is 9.02. The molecule has 1 aromatic carbocycles. The van der Waals surface area contributed by atoms with E-state index >= 15 is 0 Å². The molecule has 0 bridgehead atoms. The Labute approximate surface area is 160 Å². The summed E-state index contributed by atoms with van der Waals surface area (Å²) < 4.78 is 20.6. The molecule has 0 spiro atoms. The molecule has 3 N–H and O–H groups in total. The summed E-state index contributed by atoms with van der Waals surface area (Å²) in [5.41, 5.74) is 3.44. The van der Waals surface area contributed by atoms with Gasteiger partial charge in [0.25, 0.3) is 0 Å². The van der Waals surface area contributed by atoms with Crippen molar-refractivity contribution in [1.82, 2.24) is 25.1 Å². The Morgan fingerprint density at radius 1 is 1.07 bits per heavy atom. The van der Waals surface area contributed by atoms with Crippen LogP contribution < -0.4 is 10.1 Å². The maximum absolute atomic E-state index is 14.9. The van der Waals surface area contributed by atoms with Crippen LogP contribution in [0.15, 0.2) is 30.3 Å². The summed E-state index contributed by atoms with van der Waals surface area (Å²) >= 11 is 0. The highest BCUT2D eigenvalue weighted by atomic mass is 19.1. The molecule has 0 unspecified atom stereocenters. The first-order valence-electron chi connectivity index (χ1n) is 9.19. The van der Waals surface area contributed by atoms with Crippen LogP contribution in [-0.2, 0) is 0 Å². The Balaban J connectivity index is 1.49. The fourth-order valence-electron chi connectivity index (χ4n) is 3.22. The van der Waals surface area contributed by atoms with Crippen LogP contribution in [-0.4, -0.2) is 25.1 Å². The number of halogens is 1. The summed E-state index contributed by atoms with van der Waals surface area (Å²) in [5, 5.41) is 10.7. The quantitative estimate of drug-likeness (QED) is 0.462. The molecular formula is C20H19FN6O. The number of nitrogens with zero attached hydrogens (tertiary/aromatic N) is 3. The predicted octanol–water partition coefficient (Wildman–Crippen LogP) is 4.85. The van der Waals surface area contributed by atoms with Gasteiger partial charge in [0.2, 0.25) is 0 Å². The molecule has 142 valence electrons. The number of hydrogen-bond acceptors (Lipinski definition) is 5. The van der Waals surface area contributed by atoms with E-state index in [-0.39, 0.29) is 11.8 Å². The molecule has 0 amide bonds. The molecule has 0 aliphatic heterocycles. The lowest BCUT2D eigenvalue weighted by atomic mass is 10.2. The van der Waals surface area contributed by atoms with Crippen molar-refractivity contribution in [3.63, 3.8) is 0 Å². The van der Waals surface area contributed by atoms with Crippen LogP contribution in [0.5, 0.6) is 11.8 Å². The van der Waals surface area contributed by atoms with Gasteiger partial charge >= 0.3 is 6.01 Å². The maximum atomic E-state index is 14.9. The van der Waals surface area contributed by atoms with Crippen LogP contribution >= 0.6 is 0 Å². The smallest absolute Gasteiger partial charge is 0.324 e. The van der Waals surface area contributed by atoms with Gasteiger partial charge in [-0.05, 0) is 44.9 Å². The summed E-state index contributed by atoms with van der Waals surface area (Å²) in [4.78, 5) is 12.0. The number of nitrogens with one attached hydrogen (secondary N) is 3. The fraction of sp³-hybridized carbons (Fsp3) is 0.250. The van der Waals surface area contributed by atoms with Gasteiger partial charge in [-0.25, -0.2) is 4.39 Å². The maximum Gasteiger partial charge on any atom is 0.324 e. The zero-order chi connectivity index (χ0) is 19.3. The third-order valence-corrected chi connectivity index (χ3v) is 4.72. The van der Waals surface area contributed by atoms with E-state index in [1.807, 2.05) is 26.0 Å². The van der Waals surface area contributed by atoms with Crippen molar-refractivity contribution in [2.75, 3.05) is 5.32 Å². The van der Waals surface area contributed by atoms with Crippen LogP contribution in [0.4, 0.5) is 16.0 Å². The first-order chi connectivity index (χ1) is 13.5. The van der Waals surface area contributed by atoms with Crippen molar-refractivity contribution in [3.8, 4) is 11.8 Å². The molecule has 3 heterocycles. The Morgan fingerprint density at radius 3 is 2.68 bits per heavy atom. The monoisotopic (exact) mass is 378 g/mol. The van der Waals surface area contributed by atoms with Crippen LogP contribution in [0.1, 0.15) is 35.8 Å². The molecule has 1 fully saturated rings. The van der Waals surface area contributed by atoms with Crippen molar-refractivity contribution in [2.45, 2.75) is 32.6 Å². The Kier molecular flexibility index (Phi) is 3.78. The van der Waals surface area contributed by atoms with E-state index in [4.69, 9.17) is 4.74 Å². The average molecular weight is 378 g/mol. The number of benzene rings is 1. The van der Waals surface area contributed by atoms with E-state index < -0.39 is 5.82 Å². The third-order valence-electron chi connectivity index (χ3n) is 4.72. The zero-order valence-electron chi connectivity index (χ0n) is 15.5. The van der Waals surface area contributed by atoms with Gasteiger partial charge < -0.3 is 15.0 Å². The Hall–Kier alpha value is -3.42. The minimum Gasteiger partial charge on any atom is -0.421 e. The standard InChI is InChI=1S/C20H19FN6O/c1-10-7-13-14(22-10)5-6-16(19(13)21)28-20-23-15(12-3-4-12)9-17(25-20)24-18-8-11(2)26-27-18/h5-9,12,22H,3-4H2,1-2H3,(H2,23,24,25,26,27). The van der Waals surface area contributed by atoms with Gasteiger partial charge in [0.15, 0.2) is 17.4 Å². The van der Waals surface area contributed by atoms with E-state index in [0.717, 1.165) is 35.4 Å². The molecule has 3 aromatic heterocycles. The average Bonchev–Trinajstić information content (AvgIpc) is 3.33. The van der Waals surface area contributed by atoms with Gasteiger partial charge in [0, 0.05) is 40.3 Å². The highest BCUT2D eigenvalue weighted by molar-refractivity contribution is 5.82. The van der Waals surface area contributed by atoms with Gasteiger partial charge in [-0.1, -0.05) is 0 Å². The number of aromatic amines is 2. The van der Waals surface area contributed by atoms with Gasteiger partial charge in [0.1, 0.15) is 5.82 Å². The molecule has 7 nitrogen and oxygen atoms in total. The number of fused-ring (bicyclic) bond motifs is 1. The molecule has 1 aliphatic carbocycles. The fourth-order valence-corrected chi connectivity index (χ4v) is 3.22. The summed E-state index contributed by atoms with van der Waals surface area (Å²) in [6.07, 6.45) is 2.17. The van der Waals surface area contributed by atoms with Crippen LogP contribution in [0.25, 0.3) is 10.9 Å². The molecule has 0 saturated heterocycles. The lowest BCUT2D eigenvalue weighted by molar-refractivity contribution is 0.412. The normalized spacial score (nSPS) is 13.8. The molecule has 1 aliphatic rings. The third kappa shape index (κ3) is 3.17. The van der Waals surface area contributed by atoms with Gasteiger partial charge in [-0.3, -0.25) is 5.10 Å². The van der Waals surface area contributed by atoms with Crippen molar-refractivity contribution in [2.24, 2.45) is 0 Å². The minimum atomic E-state index is -0.431. The second-order valence-corrected chi connectivity index (χ2v) is 7.19. The molecule has 5 rings (SSSR count). The minimum absolute atomic E-state index is 0.0982. The number of aryl methyl sites for hydroxylation is 2. The molecular weight excluding hydrogens is 359 g/mol. The first-order valence-corrected chi connectivity index (χ1v) is 9.19. The highest BCUT2D eigenvalue weighted by Gasteiger charge is 2.27. The van der Waals surface area contributed by atoms with E-state index in [1.54, 1.807) is 18.2 Å². The molecule has 8 heteroatoms. The number of rotatable bonds is 5.